The van der Waals surface area contributed by atoms with Crippen LogP contribution in [-0.2, 0) is 0 Å². The van der Waals surface area contributed by atoms with Gasteiger partial charge in [-0.3, -0.25) is 0 Å². The fraction of sp³-hybridized carbons (Fsp3) is 0.375. The predicted molar refractivity (Wildman–Crippen MR) is 80.3 cm³/mol. The number of aliphatic hydroxyl groups is 1. The SMILES string of the molecule is COc1cc(OC)c2ccccc2c1C(N)C(C)(C)O. The zero-order valence-corrected chi connectivity index (χ0v) is 12.3. The number of hydrogen-bond acceptors (Lipinski definition) is 4. The van der Waals surface area contributed by atoms with Gasteiger partial charge in [-0.05, 0) is 19.2 Å². The first-order valence-electron chi connectivity index (χ1n) is 6.51. The highest BCUT2D eigenvalue weighted by Gasteiger charge is 2.29. The molecule has 0 aliphatic heterocycles. The topological polar surface area (TPSA) is 64.7 Å². The highest BCUT2D eigenvalue weighted by atomic mass is 16.5. The molecule has 2 aromatic rings. The smallest absolute Gasteiger partial charge is 0.130 e. The number of nitrogens with two attached hydrogens (primary N) is 1. The van der Waals surface area contributed by atoms with Crippen molar-refractivity contribution < 1.29 is 14.6 Å². The minimum absolute atomic E-state index is 0.562. The van der Waals surface area contributed by atoms with Gasteiger partial charge in [-0.1, -0.05) is 24.3 Å². The second-order valence-corrected chi connectivity index (χ2v) is 5.37. The molecule has 0 amide bonds. The Morgan fingerprint density at radius 1 is 1.05 bits per heavy atom. The van der Waals surface area contributed by atoms with Gasteiger partial charge in [-0.2, -0.15) is 0 Å². The summed E-state index contributed by atoms with van der Waals surface area (Å²) >= 11 is 0. The second kappa shape index (κ2) is 5.31. The van der Waals surface area contributed by atoms with Crippen molar-refractivity contribution in [3.63, 3.8) is 0 Å². The lowest BCUT2D eigenvalue weighted by Gasteiger charge is -2.29. The zero-order valence-electron chi connectivity index (χ0n) is 12.3. The Kier molecular flexibility index (Phi) is 3.88. The molecule has 4 nitrogen and oxygen atoms in total. The lowest BCUT2D eigenvalue weighted by atomic mass is 9.88. The van der Waals surface area contributed by atoms with E-state index in [9.17, 15) is 5.11 Å². The fourth-order valence-corrected chi connectivity index (χ4v) is 2.35. The van der Waals surface area contributed by atoms with Crippen LogP contribution < -0.4 is 15.2 Å². The van der Waals surface area contributed by atoms with Crippen molar-refractivity contribution in [2.24, 2.45) is 5.73 Å². The van der Waals surface area contributed by atoms with Crippen LogP contribution in [-0.4, -0.2) is 24.9 Å². The normalized spacial score (nSPS) is 13.3. The van der Waals surface area contributed by atoms with Crippen molar-refractivity contribution in [3.8, 4) is 11.5 Å². The van der Waals surface area contributed by atoms with Crippen LogP contribution in [0.3, 0.4) is 0 Å². The Morgan fingerprint density at radius 3 is 2.10 bits per heavy atom. The molecule has 20 heavy (non-hydrogen) atoms. The van der Waals surface area contributed by atoms with E-state index in [0.29, 0.717) is 5.75 Å². The molecule has 0 radical (unpaired) electrons. The molecule has 1 unspecified atom stereocenters. The van der Waals surface area contributed by atoms with Crippen molar-refractivity contribution in [2.75, 3.05) is 14.2 Å². The monoisotopic (exact) mass is 275 g/mol. The van der Waals surface area contributed by atoms with E-state index in [1.807, 2.05) is 30.3 Å². The number of methoxy groups -OCH3 is 2. The van der Waals surface area contributed by atoms with E-state index < -0.39 is 11.6 Å². The molecule has 0 bridgehead atoms. The molecule has 2 aromatic carbocycles. The molecular weight excluding hydrogens is 254 g/mol. The van der Waals surface area contributed by atoms with Gasteiger partial charge in [0.25, 0.3) is 0 Å². The van der Waals surface area contributed by atoms with Gasteiger partial charge < -0.3 is 20.3 Å². The van der Waals surface area contributed by atoms with Crippen LogP contribution in [0.4, 0.5) is 0 Å². The summed E-state index contributed by atoms with van der Waals surface area (Å²) in [6.45, 7) is 3.38. The molecule has 0 saturated heterocycles. The highest BCUT2D eigenvalue weighted by molar-refractivity contribution is 5.93. The summed E-state index contributed by atoms with van der Waals surface area (Å²) in [4.78, 5) is 0. The summed E-state index contributed by atoms with van der Waals surface area (Å²) in [5.41, 5.74) is 5.97. The van der Waals surface area contributed by atoms with Crippen LogP contribution in [0, 0.1) is 0 Å². The van der Waals surface area contributed by atoms with E-state index in [0.717, 1.165) is 22.1 Å². The van der Waals surface area contributed by atoms with Crippen LogP contribution in [0.2, 0.25) is 0 Å². The molecule has 1 atom stereocenters. The molecule has 2 rings (SSSR count). The number of fused-ring (bicyclic) bond motifs is 1. The maximum atomic E-state index is 10.2. The molecule has 0 heterocycles. The van der Waals surface area contributed by atoms with Gasteiger partial charge in [0.05, 0.1) is 25.9 Å². The fourth-order valence-electron chi connectivity index (χ4n) is 2.35. The van der Waals surface area contributed by atoms with E-state index in [1.165, 1.54) is 0 Å². The van der Waals surface area contributed by atoms with Crippen LogP contribution >= 0.6 is 0 Å². The molecule has 0 aliphatic carbocycles. The van der Waals surface area contributed by atoms with E-state index in [-0.39, 0.29) is 0 Å². The van der Waals surface area contributed by atoms with Gasteiger partial charge >= 0.3 is 0 Å². The number of rotatable bonds is 4. The van der Waals surface area contributed by atoms with Crippen molar-refractivity contribution in [1.82, 2.24) is 0 Å². The van der Waals surface area contributed by atoms with Gasteiger partial charge in [-0.15, -0.1) is 0 Å². The minimum atomic E-state index is -1.05. The number of benzene rings is 2. The average molecular weight is 275 g/mol. The summed E-state index contributed by atoms with van der Waals surface area (Å²) < 4.78 is 10.8. The Bertz CT molecular complexity index is 617. The van der Waals surface area contributed by atoms with Crippen LogP contribution in [0.25, 0.3) is 10.8 Å². The first-order valence-corrected chi connectivity index (χ1v) is 6.51. The molecule has 0 aliphatic rings. The van der Waals surface area contributed by atoms with Crippen molar-refractivity contribution in [3.05, 3.63) is 35.9 Å². The second-order valence-electron chi connectivity index (χ2n) is 5.37. The predicted octanol–water partition coefficient (Wildman–Crippen LogP) is 2.63. The summed E-state index contributed by atoms with van der Waals surface area (Å²) in [7, 11) is 3.21. The largest absolute Gasteiger partial charge is 0.496 e. The molecular formula is C16H21NO3. The Hall–Kier alpha value is -1.78. The third-order valence-electron chi connectivity index (χ3n) is 3.52. The van der Waals surface area contributed by atoms with Crippen molar-refractivity contribution >= 4 is 10.8 Å². The average Bonchev–Trinajstić information content (AvgIpc) is 2.43. The van der Waals surface area contributed by atoms with E-state index in [4.69, 9.17) is 15.2 Å². The van der Waals surface area contributed by atoms with E-state index in [2.05, 4.69) is 0 Å². The lowest BCUT2D eigenvalue weighted by Crippen LogP contribution is -2.35. The highest BCUT2D eigenvalue weighted by Crippen LogP contribution is 2.41. The van der Waals surface area contributed by atoms with E-state index >= 15 is 0 Å². The van der Waals surface area contributed by atoms with Gasteiger partial charge in [0.15, 0.2) is 0 Å². The van der Waals surface area contributed by atoms with E-state index in [1.54, 1.807) is 28.1 Å². The first-order chi connectivity index (χ1) is 9.40. The molecule has 0 spiro atoms. The molecule has 3 N–H and O–H groups in total. The standard InChI is InChI=1S/C16H21NO3/c1-16(2,18)15(17)14-11-8-6-5-7-10(11)12(19-3)9-13(14)20-4/h5-9,15,18H,17H2,1-4H3. The quantitative estimate of drug-likeness (QED) is 0.900. The van der Waals surface area contributed by atoms with Crippen molar-refractivity contribution in [1.29, 1.82) is 0 Å². The third kappa shape index (κ3) is 2.44. The molecule has 0 fully saturated rings. The zero-order chi connectivity index (χ0) is 14.9. The summed E-state index contributed by atoms with van der Waals surface area (Å²) in [5.74, 6) is 1.35. The summed E-state index contributed by atoms with van der Waals surface area (Å²) in [5, 5.41) is 12.1. The molecule has 0 saturated carbocycles. The number of hydrogen-bond donors (Lipinski definition) is 2. The number of ether oxygens (including phenoxy) is 2. The Labute approximate surface area is 119 Å². The van der Waals surface area contributed by atoms with Crippen LogP contribution in [0.5, 0.6) is 11.5 Å². The summed E-state index contributed by atoms with van der Waals surface area (Å²) in [6.07, 6.45) is 0. The summed E-state index contributed by atoms with van der Waals surface area (Å²) in [6, 6.07) is 9.05. The van der Waals surface area contributed by atoms with Gasteiger partial charge in [0.1, 0.15) is 11.5 Å². The maximum Gasteiger partial charge on any atom is 0.130 e. The molecule has 4 heteroatoms. The van der Waals surface area contributed by atoms with Gasteiger partial charge in [-0.25, -0.2) is 0 Å². The first kappa shape index (κ1) is 14.6. The van der Waals surface area contributed by atoms with Crippen LogP contribution in [0.1, 0.15) is 25.5 Å². The van der Waals surface area contributed by atoms with Crippen molar-refractivity contribution in [2.45, 2.75) is 25.5 Å². The lowest BCUT2D eigenvalue weighted by molar-refractivity contribution is 0.0513. The van der Waals surface area contributed by atoms with Gasteiger partial charge in [0, 0.05) is 17.0 Å². The van der Waals surface area contributed by atoms with Gasteiger partial charge in [0.2, 0.25) is 0 Å². The molecule has 108 valence electrons. The minimum Gasteiger partial charge on any atom is -0.496 e. The Morgan fingerprint density at radius 2 is 1.60 bits per heavy atom. The third-order valence-corrected chi connectivity index (χ3v) is 3.52. The van der Waals surface area contributed by atoms with Crippen LogP contribution in [0.15, 0.2) is 30.3 Å². The maximum absolute atomic E-state index is 10.2. The Balaban J connectivity index is 2.81. The molecule has 0 aromatic heterocycles.